The summed E-state index contributed by atoms with van der Waals surface area (Å²) in [6.07, 6.45) is 2.22. The Bertz CT molecular complexity index is 878. The predicted molar refractivity (Wildman–Crippen MR) is 100 cm³/mol. The number of para-hydroxylation sites is 1. The van der Waals surface area contributed by atoms with E-state index in [9.17, 15) is 0 Å². The summed E-state index contributed by atoms with van der Waals surface area (Å²) >= 11 is 3.28. The van der Waals surface area contributed by atoms with Crippen molar-refractivity contribution < 1.29 is 0 Å². The Labute approximate surface area is 148 Å². The molecule has 6 nitrogen and oxygen atoms in total. The van der Waals surface area contributed by atoms with Crippen molar-refractivity contribution in [2.45, 2.75) is 35.8 Å². The molecule has 2 aromatic heterocycles. The maximum absolute atomic E-state index is 6.02. The third-order valence-corrected chi connectivity index (χ3v) is 5.95. The lowest BCUT2D eigenvalue weighted by Crippen LogP contribution is -2.23. The summed E-state index contributed by atoms with van der Waals surface area (Å²) in [6.45, 7) is 3.60. The molecule has 0 saturated carbocycles. The molecule has 8 heteroatoms. The Morgan fingerprint density at radius 1 is 1.33 bits per heavy atom. The molecule has 0 saturated heterocycles. The van der Waals surface area contributed by atoms with Crippen LogP contribution in [0.25, 0.3) is 10.2 Å². The highest BCUT2D eigenvalue weighted by Crippen LogP contribution is 2.36. The lowest BCUT2D eigenvalue weighted by Gasteiger charge is -2.15. The highest BCUT2D eigenvalue weighted by Gasteiger charge is 2.23. The van der Waals surface area contributed by atoms with Crippen molar-refractivity contribution in [3.63, 3.8) is 0 Å². The van der Waals surface area contributed by atoms with Gasteiger partial charge in [-0.1, -0.05) is 25.5 Å². The number of thiazole rings is 1. The van der Waals surface area contributed by atoms with E-state index in [1.54, 1.807) is 23.1 Å². The van der Waals surface area contributed by atoms with Crippen molar-refractivity contribution in [1.82, 2.24) is 14.5 Å². The van der Waals surface area contributed by atoms with E-state index in [1.165, 1.54) is 4.70 Å². The molecule has 24 heavy (non-hydrogen) atoms. The van der Waals surface area contributed by atoms with Crippen LogP contribution in [-0.2, 0) is 6.54 Å². The van der Waals surface area contributed by atoms with E-state index in [0.717, 1.165) is 45.9 Å². The molecule has 1 aliphatic heterocycles. The number of anilines is 1. The number of imidazole rings is 1. The fourth-order valence-electron chi connectivity index (χ4n) is 2.64. The number of aromatic nitrogens is 3. The van der Waals surface area contributed by atoms with Gasteiger partial charge >= 0.3 is 0 Å². The Hall–Kier alpha value is -2.06. The number of nitrogens with zero attached hydrogens (tertiary/aromatic N) is 4. The summed E-state index contributed by atoms with van der Waals surface area (Å²) < 4.78 is 4.39. The largest absolute Gasteiger partial charge is 0.382 e. The van der Waals surface area contributed by atoms with Crippen molar-refractivity contribution >= 4 is 45.0 Å². The van der Waals surface area contributed by atoms with E-state index in [-0.39, 0.29) is 0 Å². The summed E-state index contributed by atoms with van der Waals surface area (Å²) in [4.78, 5) is 13.7. The molecule has 3 aromatic rings. The van der Waals surface area contributed by atoms with Crippen LogP contribution in [0.2, 0.25) is 0 Å². The first-order valence-electron chi connectivity index (χ1n) is 7.94. The van der Waals surface area contributed by atoms with Gasteiger partial charge in [-0.15, -0.1) is 11.3 Å². The van der Waals surface area contributed by atoms with E-state index in [1.807, 2.05) is 18.2 Å². The lowest BCUT2D eigenvalue weighted by atomic mass is 10.3. The van der Waals surface area contributed by atoms with Gasteiger partial charge in [-0.3, -0.25) is 0 Å². The molecule has 0 bridgehead atoms. The van der Waals surface area contributed by atoms with Gasteiger partial charge in [0.2, 0.25) is 0 Å². The molecule has 1 aliphatic rings. The molecule has 0 radical (unpaired) electrons. The number of fused-ring (bicyclic) bond motifs is 2. The molecule has 0 fully saturated rings. The maximum Gasteiger partial charge on any atom is 0.177 e. The number of aliphatic imine (C=N–C) groups is 1. The van der Waals surface area contributed by atoms with E-state index in [4.69, 9.17) is 15.7 Å². The second-order valence-corrected chi connectivity index (χ2v) is 7.77. The second kappa shape index (κ2) is 6.45. The summed E-state index contributed by atoms with van der Waals surface area (Å²) in [7, 11) is 0. The van der Waals surface area contributed by atoms with Crippen LogP contribution in [0.1, 0.15) is 25.5 Å². The average Bonchev–Trinajstić information content (AvgIpc) is 3.15. The average molecular weight is 358 g/mol. The number of rotatable bonds is 5. The zero-order chi connectivity index (χ0) is 16.5. The van der Waals surface area contributed by atoms with Gasteiger partial charge in [0.25, 0.3) is 0 Å². The van der Waals surface area contributed by atoms with E-state index in [2.05, 4.69) is 27.9 Å². The van der Waals surface area contributed by atoms with Crippen molar-refractivity contribution in [3.05, 3.63) is 30.0 Å². The smallest absolute Gasteiger partial charge is 0.177 e. The van der Waals surface area contributed by atoms with Gasteiger partial charge < -0.3 is 15.6 Å². The molecule has 0 aliphatic carbocycles. The van der Waals surface area contributed by atoms with Gasteiger partial charge in [0, 0.05) is 6.54 Å². The SMILES string of the molecule is CCCCn1c(Sc2nc3ccccc3s2)nc2c1NCN=C2N. The highest BCUT2D eigenvalue weighted by atomic mass is 32.2. The van der Waals surface area contributed by atoms with E-state index < -0.39 is 0 Å². The third kappa shape index (κ3) is 2.76. The minimum atomic E-state index is 0.502. The lowest BCUT2D eigenvalue weighted by molar-refractivity contribution is 0.591. The molecule has 0 atom stereocenters. The summed E-state index contributed by atoms with van der Waals surface area (Å²) in [5.41, 5.74) is 7.80. The van der Waals surface area contributed by atoms with E-state index in [0.29, 0.717) is 12.5 Å². The standard InChI is InChI=1S/C16H18N6S2/c1-2-3-8-22-14-12(13(17)18-9-19-14)21-15(22)24-16-20-10-6-4-5-7-11(10)23-16/h4-7,19H,2-3,8-9H2,1H3,(H2,17,18). The Morgan fingerprint density at radius 3 is 3.04 bits per heavy atom. The van der Waals surface area contributed by atoms with Gasteiger partial charge in [0.15, 0.2) is 9.50 Å². The number of benzene rings is 1. The number of nitrogens with two attached hydrogens (primary N) is 1. The number of hydrogen-bond acceptors (Lipinski definition) is 7. The fourth-order valence-corrected chi connectivity index (χ4v) is 4.73. The first-order valence-corrected chi connectivity index (χ1v) is 9.57. The molecule has 0 unspecified atom stereocenters. The van der Waals surface area contributed by atoms with Crippen LogP contribution in [0.5, 0.6) is 0 Å². The van der Waals surface area contributed by atoms with Crippen molar-refractivity contribution in [2.75, 3.05) is 12.0 Å². The first-order chi connectivity index (χ1) is 11.8. The molecule has 4 rings (SSSR count). The van der Waals surface area contributed by atoms with Crippen LogP contribution in [0.15, 0.2) is 38.8 Å². The third-order valence-electron chi connectivity index (χ3n) is 3.86. The summed E-state index contributed by atoms with van der Waals surface area (Å²) in [6, 6.07) is 8.18. The van der Waals surface area contributed by atoms with Crippen LogP contribution in [0.3, 0.4) is 0 Å². The molecular formula is C16H18N6S2. The zero-order valence-electron chi connectivity index (χ0n) is 13.3. The number of amidine groups is 1. The summed E-state index contributed by atoms with van der Waals surface area (Å²) in [5, 5.41) is 4.22. The maximum atomic E-state index is 6.02. The van der Waals surface area contributed by atoms with E-state index >= 15 is 0 Å². The fraction of sp³-hybridized carbons (Fsp3) is 0.312. The molecule has 3 N–H and O–H groups in total. The molecule has 3 heterocycles. The van der Waals surface area contributed by atoms with Gasteiger partial charge in [0.05, 0.1) is 10.2 Å². The molecule has 1 aromatic carbocycles. The van der Waals surface area contributed by atoms with Crippen LogP contribution >= 0.6 is 23.1 Å². The minimum absolute atomic E-state index is 0.502. The van der Waals surface area contributed by atoms with Crippen molar-refractivity contribution in [2.24, 2.45) is 10.7 Å². The Kier molecular flexibility index (Phi) is 4.15. The number of hydrogen-bond donors (Lipinski definition) is 2. The normalized spacial score (nSPS) is 13.6. The van der Waals surface area contributed by atoms with Gasteiger partial charge in [-0.2, -0.15) is 0 Å². The molecule has 124 valence electrons. The molecule has 0 spiro atoms. The van der Waals surface area contributed by atoms with Crippen LogP contribution in [0.4, 0.5) is 5.82 Å². The summed E-state index contributed by atoms with van der Waals surface area (Å²) in [5.74, 6) is 1.48. The molecule has 0 amide bonds. The van der Waals surface area contributed by atoms with Gasteiger partial charge in [-0.25, -0.2) is 15.0 Å². The van der Waals surface area contributed by atoms with Crippen molar-refractivity contribution in [1.29, 1.82) is 0 Å². The van der Waals surface area contributed by atoms with Gasteiger partial charge in [-0.05, 0) is 30.3 Å². The molecular weight excluding hydrogens is 340 g/mol. The van der Waals surface area contributed by atoms with Crippen LogP contribution in [0, 0.1) is 0 Å². The van der Waals surface area contributed by atoms with Crippen LogP contribution in [-0.4, -0.2) is 27.0 Å². The van der Waals surface area contributed by atoms with Gasteiger partial charge in [0.1, 0.15) is 24.0 Å². The van der Waals surface area contributed by atoms with Crippen molar-refractivity contribution in [3.8, 4) is 0 Å². The number of unbranched alkanes of at least 4 members (excludes halogenated alkanes) is 1. The Balaban J connectivity index is 1.72. The monoisotopic (exact) mass is 358 g/mol. The Morgan fingerprint density at radius 2 is 2.21 bits per heavy atom. The minimum Gasteiger partial charge on any atom is -0.382 e. The van der Waals surface area contributed by atoms with Crippen LogP contribution < -0.4 is 11.1 Å². The zero-order valence-corrected chi connectivity index (χ0v) is 15.0. The quantitative estimate of drug-likeness (QED) is 0.729. The number of nitrogens with one attached hydrogen (secondary N) is 1. The second-order valence-electron chi connectivity index (χ2n) is 5.52. The highest BCUT2D eigenvalue weighted by molar-refractivity contribution is 8.01. The first kappa shape index (κ1) is 15.5. The predicted octanol–water partition coefficient (Wildman–Crippen LogP) is 3.53. The topological polar surface area (TPSA) is 81.1 Å².